The van der Waals surface area contributed by atoms with Gasteiger partial charge in [-0.1, -0.05) is 54.6 Å². The van der Waals surface area contributed by atoms with Gasteiger partial charge in [0, 0.05) is 10.9 Å². The summed E-state index contributed by atoms with van der Waals surface area (Å²) >= 11 is 0. The Kier molecular flexibility index (Phi) is 3.25. The van der Waals surface area contributed by atoms with Crippen LogP contribution in [0.15, 0.2) is 60.7 Å². The molecule has 0 saturated heterocycles. The first-order valence-corrected chi connectivity index (χ1v) is 8.19. The number of pyridine rings is 1. The molecule has 0 amide bonds. The fourth-order valence-corrected chi connectivity index (χ4v) is 3.47. The van der Waals surface area contributed by atoms with Gasteiger partial charge in [0.05, 0.1) is 16.6 Å². The SMILES string of the molecule is Fc1c(F)c(F)c2c(nn3c(-c4ccccc4)cc4ccccc4c23)c1F. The molecule has 0 aliphatic carbocycles. The van der Waals surface area contributed by atoms with Gasteiger partial charge in [0.2, 0.25) is 0 Å². The highest BCUT2D eigenvalue weighted by molar-refractivity contribution is 6.11. The number of halogens is 4. The molecule has 3 aromatic carbocycles. The van der Waals surface area contributed by atoms with E-state index in [0.29, 0.717) is 11.1 Å². The van der Waals surface area contributed by atoms with E-state index in [1.54, 1.807) is 12.1 Å². The summed E-state index contributed by atoms with van der Waals surface area (Å²) in [6, 6.07) is 18.0. The van der Waals surface area contributed by atoms with E-state index in [1.165, 1.54) is 4.52 Å². The van der Waals surface area contributed by atoms with E-state index in [4.69, 9.17) is 0 Å². The van der Waals surface area contributed by atoms with Gasteiger partial charge in [-0.25, -0.2) is 22.1 Å². The smallest absolute Gasteiger partial charge is 0.199 e. The topological polar surface area (TPSA) is 17.3 Å². The van der Waals surface area contributed by atoms with Crippen LogP contribution in [0.3, 0.4) is 0 Å². The number of nitrogens with zero attached hydrogens (tertiary/aromatic N) is 2. The Morgan fingerprint density at radius 2 is 1.37 bits per heavy atom. The van der Waals surface area contributed by atoms with Crippen LogP contribution in [0.25, 0.3) is 38.4 Å². The molecule has 2 heterocycles. The van der Waals surface area contributed by atoms with Crippen molar-refractivity contribution in [1.82, 2.24) is 9.61 Å². The zero-order valence-electron chi connectivity index (χ0n) is 13.7. The Morgan fingerprint density at radius 1 is 0.704 bits per heavy atom. The lowest BCUT2D eigenvalue weighted by Gasteiger charge is -2.09. The second-order valence-corrected chi connectivity index (χ2v) is 6.22. The van der Waals surface area contributed by atoms with Gasteiger partial charge < -0.3 is 0 Å². The molecule has 0 spiro atoms. The minimum atomic E-state index is -1.87. The van der Waals surface area contributed by atoms with Crippen molar-refractivity contribution in [3.05, 3.63) is 83.9 Å². The summed E-state index contributed by atoms with van der Waals surface area (Å²) in [4.78, 5) is 0. The highest BCUT2D eigenvalue weighted by Gasteiger charge is 2.26. The third kappa shape index (κ3) is 2.10. The maximum absolute atomic E-state index is 14.6. The first-order valence-electron chi connectivity index (χ1n) is 8.19. The molecule has 0 aliphatic rings. The van der Waals surface area contributed by atoms with Gasteiger partial charge in [-0.3, -0.25) is 0 Å². The molecule has 132 valence electrons. The van der Waals surface area contributed by atoms with Crippen LogP contribution in [-0.4, -0.2) is 9.61 Å². The normalized spacial score (nSPS) is 11.7. The highest BCUT2D eigenvalue weighted by atomic mass is 19.2. The van der Waals surface area contributed by atoms with Crippen molar-refractivity contribution in [2.75, 3.05) is 0 Å². The lowest BCUT2D eigenvalue weighted by Crippen LogP contribution is -1.96. The predicted molar refractivity (Wildman–Crippen MR) is 95.5 cm³/mol. The van der Waals surface area contributed by atoms with Crippen LogP contribution in [0.4, 0.5) is 17.6 Å². The van der Waals surface area contributed by atoms with Gasteiger partial charge in [0.15, 0.2) is 23.3 Å². The molecular weight excluding hydrogens is 356 g/mol. The summed E-state index contributed by atoms with van der Waals surface area (Å²) in [7, 11) is 0. The van der Waals surface area contributed by atoms with Crippen LogP contribution in [0.2, 0.25) is 0 Å². The van der Waals surface area contributed by atoms with Crippen molar-refractivity contribution in [2.24, 2.45) is 0 Å². The summed E-state index contributed by atoms with van der Waals surface area (Å²) < 4.78 is 58.0. The molecule has 0 radical (unpaired) electrons. The molecule has 0 fully saturated rings. The number of hydrogen-bond acceptors (Lipinski definition) is 1. The standard InChI is InChI=1S/C21H10F4N2/c22-16-15-20(19(25)18(24)17(16)23)26-27-14(11-6-2-1-3-7-11)10-12-8-4-5-9-13(12)21(15)27/h1-10H. The van der Waals surface area contributed by atoms with Crippen LogP contribution < -0.4 is 0 Å². The van der Waals surface area contributed by atoms with E-state index in [9.17, 15) is 17.6 Å². The molecular formula is C21H10F4N2. The highest BCUT2D eigenvalue weighted by Crippen LogP contribution is 2.36. The van der Waals surface area contributed by atoms with Gasteiger partial charge in [-0.15, -0.1) is 0 Å². The fraction of sp³-hybridized carbons (Fsp3) is 0. The van der Waals surface area contributed by atoms with Gasteiger partial charge in [0.25, 0.3) is 0 Å². The van der Waals surface area contributed by atoms with Crippen molar-refractivity contribution in [3.63, 3.8) is 0 Å². The minimum Gasteiger partial charge on any atom is -0.231 e. The van der Waals surface area contributed by atoms with E-state index < -0.39 is 28.8 Å². The quantitative estimate of drug-likeness (QED) is 0.206. The molecule has 0 aliphatic heterocycles. The number of aromatic nitrogens is 2. The Labute approximate surface area is 150 Å². The first kappa shape index (κ1) is 15.8. The number of fused-ring (bicyclic) bond motifs is 5. The van der Waals surface area contributed by atoms with Gasteiger partial charge >= 0.3 is 0 Å². The molecule has 0 atom stereocenters. The number of hydrogen-bond donors (Lipinski definition) is 0. The molecule has 27 heavy (non-hydrogen) atoms. The molecule has 2 aromatic heterocycles. The third-order valence-electron chi connectivity index (χ3n) is 4.70. The number of benzene rings is 3. The summed E-state index contributed by atoms with van der Waals surface area (Å²) in [5, 5.41) is 5.03. The lowest BCUT2D eigenvalue weighted by molar-refractivity contribution is 0.417. The Hall–Kier alpha value is -3.41. The van der Waals surface area contributed by atoms with Crippen molar-refractivity contribution >= 4 is 27.2 Å². The van der Waals surface area contributed by atoms with E-state index in [1.807, 2.05) is 48.5 Å². The van der Waals surface area contributed by atoms with Gasteiger partial charge in [-0.05, 0) is 11.5 Å². The van der Waals surface area contributed by atoms with Crippen molar-refractivity contribution in [3.8, 4) is 11.3 Å². The van der Waals surface area contributed by atoms with Crippen molar-refractivity contribution in [2.45, 2.75) is 0 Å². The van der Waals surface area contributed by atoms with E-state index in [-0.39, 0.29) is 10.9 Å². The summed E-state index contributed by atoms with van der Waals surface area (Å²) in [6.45, 7) is 0. The molecule has 0 unspecified atom stereocenters. The second kappa shape index (κ2) is 5.54. The Bertz CT molecular complexity index is 1360. The first-order chi connectivity index (χ1) is 13.1. The van der Waals surface area contributed by atoms with Crippen LogP contribution in [0, 0.1) is 23.3 Å². The molecule has 5 rings (SSSR count). The summed E-state index contributed by atoms with van der Waals surface area (Å²) in [5.41, 5.74) is 0.958. The predicted octanol–water partition coefficient (Wildman–Crippen LogP) is 5.86. The molecule has 0 bridgehead atoms. The van der Waals surface area contributed by atoms with E-state index >= 15 is 0 Å². The molecule has 0 N–H and O–H groups in total. The van der Waals surface area contributed by atoms with Crippen molar-refractivity contribution < 1.29 is 17.6 Å². The number of rotatable bonds is 1. The van der Waals surface area contributed by atoms with Crippen LogP contribution in [-0.2, 0) is 0 Å². The molecule has 5 aromatic rings. The molecule has 6 heteroatoms. The monoisotopic (exact) mass is 366 g/mol. The fourth-order valence-electron chi connectivity index (χ4n) is 3.47. The molecule has 2 nitrogen and oxygen atoms in total. The third-order valence-corrected chi connectivity index (χ3v) is 4.70. The maximum Gasteiger partial charge on any atom is 0.199 e. The van der Waals surface area contributed by atoms with Crippen LogP contribution >= 0.6 is 0 Å². The van der Waals surface area contributed by atoms with Crippen molar-refractivity contribution in [1.29, 1.82) is 0 Å². The maximum atomic E-state index is 14.6. The zero-order chi connectivity index (χ0) is 18.7. The van der Waals surface area contributed by atoms with E-state index in [0.717, 1.165) is 10.9 Å². The second-order valence-electron chi connectivity index (χ2n) is 6.22. The average Bonchev–Trinajstić information content (AvgIpc) is 3.12. The van der Waals surface area contributed by atoms with Gasteiger partial charge in [-0.2, -0.15) is 5.10 Å². The zero-order valence-corrected chi connectivity index (χ0v) is 13.7. The Balaban J connectivity index is 2.10. The summed E-state index contributed by atoms with van der Waals surface area (Å²) in [5.74, 6) is -6.66. The van der Waals surface area contributed by atoms with Gasteiger partial charge in [0.1, 0.15) is 5.52 Å². The van der Waals surface area contributed by atoms with E-state index in [2.05, 4.69) is 5.10 Å². The largest absolute Gasteiger partial charge is 0.231 e. The summed E-state index contributed by atoms with van der Waals surface area (Å²) in [6.07, 6.45) is 0. The molecule has 0 saturated carbocycles. The minimum absolute atomic E-state index is 0.192. The lowest BCUT2D eigenvalue weighted by atomic mass is 10.0. The van der Waals surface area contributed by atoms with Crippen LogP contribution in [0.1, 0.15) is 0 Å². The average molecular weight is 366 g/mol. The Morgan fingerprint density at radius 3 is 2.15 bits per heavy atom. The van der Waals surface area contributed by atoms with Crippen LogP contribution in [0.5, 0.6) is 0 Å².